The summed E-state index contributed by atoms with van der Waals surface area (Å²) >= 11 is 3.20. The molecule has 1 aliphatic heterocycles. The summed E-state index contributed by atoms with van der Waals surface area (Å²) in [5.41, 5.74) is -0.827. The molecule has 1 unspecified atom stereocenters. The molecule has 1 aromatic rings. The Morgan fingerprint density at radius 3 is 2.84 bits per heavy atom. The van der Waals surface area contributed by atoms with Crippen molar-refractivity contribution in [1.82, 2.24) is 10.6 Å². The summed E-state index contributed by atoms with van der Waals surface area (Å²) in [6, 6.07) is 4.64. The maximum Gasteiger partial charge on any atom is 0.256 e. The van der Waals surface area contributed by atoms with Crippen LogP contribution < -0.4 is 10.6 Å². The molecule has 1 aliphatic rings. The van der Waals surface area contributed by atoms with E-state index in [2.05, 4.69) is 31.6 Å². The molecule has 1 saturated heterocycles. The summed E-state index contributed by atoms with van der Waals surface area (Å²) in [7, 11) is 0. The van der Waals surface area contributed by atoms with E-state index in [1.165, 1.54) is 6.07 Å². The van der Waals surface area contributed by atoms with Gasteiger partial charge in [-0.3, -0.25) is 15.1 Å². The molecular formula is C13H15BrFN3O. The molecule has 0 radical (unpaired) electrons. The van der Waals surface area contributed by atoms with Gasteiger partial charge in [0.15, 0.2) is 5.96 Å². The third kappa shape index (κ3) is 2.63. The molecule has 1 aromatic carbocycles. The van der Waals surface area contributed by atoms with E-state index in [0.29, 0.717) is 22.5 Å². The van der Waals surface area contributed by atoms with Crippen molar-refractivity contribution in [2.45, 2.75) is 25.8 Å². The SMILES string of the molecule is CCCN=C1NC(=O)C(C)(c2ccc(Br)cc2F)N1. The topological polar surface area (TPSA) is 53.5 Å². The molecule has 1 fully saturated rings. The van der Waals surface area contributed by atoms with Crippen molar-refractivity contribution in [2.75, 3.05) is 6.54 Å². The van der Waals surface area contributed by atoms with E-state index >= 15 is 0 Å². The third-order valence-electron chi connectivity index (χ3n) is 3.02. The van der Waals surface area contributed by atoms with Crippen LogP contribution in [0.3, 0.4) is 0 Å². The highest BCUT2D eigenvalue weighted by Crippen LogP contribution is 2.28. The lowest BCUT2D eigenvalue weighted by Gasteiger charge is -2.22. The van der Waals surface area contributed by atoms with E-state index in [4.69, 9.17) is 0 Å². The number of carbonyl (C=O) groups is 1. The van der Waals surface area contributed by atoms with Crippen LogP contribution in [0.1, 0.15) is 25.8 Å². The monoisotopic (exact) mass is 327 g/mol. The number of rotatable bonds is 3. The van der Waals surface area contributed by atoms with Gasteiger partial charge in [0.2, 0.25) is 0 Å². The van der Waals surface area contributed by atoms with E-state index in [9.17, 15) is 9.18 Å². The van der Waals surface area contributed by atoms with E-state index in [-0.39, 0.29) is 5.91 Å². The van der Waals surface area contributed by atoms with Gasteiger partial charge in [-0.2, -0.15) is 0 Å². The first-order valence-corrected chi connectivity index (χ1v) is 6.86. The van der Waals surface area contributed by atoms with Gasteiger partial charge in [-0.25, -0.2) is 4.39 Å². The Hall–Kier alpha value is -1.43. The zero-order chi connectivity index (χ0) is 14.0. The van der Waals surface area contributed by atoms with Crippen LogP contribution in [0.25, 0.3) is 0 Å². The second-order valence-corrected chi connectivity index (χ2v) is 5.47. The predicted molar refractivity (Wildman–Crippen MR) is 75.3 cm³/mol. The first-order chi connectivity index (χ1) is 8.97. The van der Waals surface area contributed by atoms with Gasteiger partial charge in [-0.15, -0.1) is 0 Å². The summed E-state index contributed by atoms with van der Waals surface area (Å²) in [5.74, 6) is -0.337. The van der Waals surface area contributed by atoms with Crippen molar-refractivity contribution in [1.29, 1.82) is 0 Å². The van der Waals surface area contributed by atoms with Gasteiger partial charge in [0, 0.05) is 16.6 Å². The molecule has 0 aliphatic carbocycles. The highest BCUT2D eigenvalue weighted by Gasteiger charge is 2.43. The zero-order valence-corrected chi connectivity index (χ0v) is 12.3. The molecule has 2 N–H and O–H groups in total. The summed E-state index contributed by atoms with van der Waals surface area (Å²) in [4.78, 5) is 16.3. The molecule has 19 heavy (non-hydrogen) atoms. The van der Waals surface area contributed by atoms with Crippen molar-refractivity contribution < 1.29 is 9.18 Å². The van der Waals surface area contributed by atoms with E-state index < -0.39 is 11.4 Å². The lowest BCUT2D eigenvalue weighted by atomic mass is 9.92. The Bertz CT molecular complexity index is 547. The minimum Gasteiger partial charge on any atom is -0.338 e. The molecule has 102 valence electrons. The van der Waals surface area contributed by atoms with Crippen LogP contribution in [0.2, 0.25) is 0 Å². The summed E-state index contributed by atoms with van der Waals surface area (Å²) in [6.07, 6.45) is 0.879. The number of nitrogens with zero attached hydrogens (tertiary/aromatic N) is 1. The van der Waals surface area contributed by atoms with E-state index in [0.717, 1.165) is 6.42 Å². The van der Waals surface area contributed by atoms with Crippen molar-refractivity contribution in [3.8, 4) is 0 Å². The summed E-state index contributed by atoms with van der Waals surface area (Å²) < 4.78 is 14.6. The standard InChI is InChI=1S/C13H15BrFN3O/c1-3-6-16-12-17-11(19)13(2,18-12)9-5-4-8(14)7-10(9)15/h4-5,7H,3,6H2,1-2H3,(H2,16,17,18,19). The van der Waals surface area contributed by atoms with Crippen LogP contribution in [0, 0.1) is 5.82 Å². The van der Waals surface area contributed by atoms with Crippen molar-refractivity contribution >= 4 is 27.8 Å². The fourth-order valence-corrected chi connectivity index (χ4v) is 2.28. The zero-order valence-electron chi connectivity index (χ0n) is 10.8. The molecule has 1 amide bonds. The molecule has 1 atom stereocenters. The van der Waals surface area contributed by atoms with Gasteiger partial charge < -0.3 is 5.32 Å². The van der Waals surface area contributed by atoms with Crippen LogP contribution in [0.15, 0.2) is 27.7 Å². The average Bonchev–Trinajstić information content (AvgIpc) is 2.63. The Kier molecular flexibility index (Phi) is 3.89. The van der Waals surface area contributed by atoms with Crippen molar-refractivity contribution in [2.24, 2.45) is 4.99 Å². The lowest BCUT2D eigenvalue weighted by molar-refractivity contribution is -0.123. The quantitative estimate of drug-likeness (QED) is 0.894. The molecule has 6 heteroatoms. The van der Waals surface area contributed by atoms with Crippen LogP contribution in [0.5, 0.6) is 0 Å². The number of aliphatic imine (C=N–C) groups is 1. The minimum atomic E-state index is -1.13. The molecule has 0 aromatic heterocycles. The number of guanidine groups is 1. The Labute approximate surface area is 119 Å². The highest BCUT2D eigenvalue weighted by atomic mass is 79.9. The Morgan fingerprint density at radius 2 is 2.21 bits per heavy atom. The smallest absolute Gasteiger partial charge is 0.256 e. The second-order valence-electron chi connectivity index (χ2n) is 4.56. The number of halogens is 2. The molecule has 0 spiro atoms. The fraction of sp³-hybridized carbons (Fsp3) is 0.385. The van der Waals surface area contributed by atoms with Gasteiger partial charge in [0.1, 0.15) is 11.4 Å². The van der Waals surface area contributed by atoms with Crippen LogP contribution in [0.4, 0.5) is 4.39 Å². The number of nitrogens with one attached hydrogen (secondary N) is 2. The second kappa shape index (κ2) is 5.28. The summed E-state index contributed by atoms with van der Waals surface area (Å²) in [6.45, 7) is 4.25. The van der Waals surface area contributed by atoms with Crippen LogP contribution >= 0.6 is 15.9 Å². The number of amides is 1. The minimum absolute atomic E-state index is 0.301. The normalized spacial score (nSPS) is 24.4. The van der Waals surface area contributed by atoms with Gasteiger partial charge in [-0.1, -0.05) is 28.9 Å². The molecular weight excluding hydrogens is 313 g/mol. The first-order valence-electron chi connectivity index (χ1n) is 6.07. The molecule has 0 bridgehead atoms. The van der Waals surface area contributed by atoms with Gasteiger partial charge in [0.05, 0.1) is 0 Å². The maximum atomic E-state index is 14.0. The highest BCUT2D eigenvalue weighted by molar-refractivity contribution is 9.10. The number of benzene rings is 1. The molecule has 4 nitrogen and oxygen atoms in total. The maximum absolute atomic E-state index is 14.0. The van der Waals surface area contributed by atoms with Crippen LogP contribution in [-0.2, 0) is 10.3 Å². The van der Waals surface area contributed by atoms with E-state index in [1.54, 1.807) is 19.1 Å². The number of hydrogen-bond acceptors (Lipinski definition) is 2. The predicted octanol–water partition coefficient (Wildman–Crippen LogP) is 2.29. The molecule has 1 heterocycles. The molecule has 2 rings (SSSR count). The van der Waals surface area contributed by atoms with Gasteiger partial charge >= 0.3 is 0 Å². The van der Waals surface area contributed by atoms with Crippen LogP contribution in [-0.4, -0.2) is 18.4 Å². The third-order valence-corrected chi connectivity index (χ3v) is 3.51. The molecule has 0 saturated carbocycles. The van der Waals surface area contributed by atoms with Gasteiger partial charge in [-0.05, 0) is 25.5 Å². The fourth-order valence-electron chi connectivity index (χ4n) is 1.94. The average molecular weight is 328 g/mol. The van der Waals surface area contributed by atoms with Crippen molar-refractivity contribution in [3.63, 3.8) is 0 Å². The largest absolute Gasteiger partial charge is 0.338 e. The van der Waals surface area contributed by atoms with E-state index in [1.807, 2.05) is 6.92 Å². The number of carbonyl (C=O) groups excluding carboxylic acids is 1. The van der Waals surface area contributed by atoms with Crippen molar-refractivity contribution in [3.05, 3.63) is 34.1 Å². The van der Waals surface area contributed by atoms with Gasteiger partial charge in [0.25, 0.3) is 5.91 Å². The lowest BCUT2D eigenvalue weighted by Crippen LogP contribution is -2.41. The summed E-state index contributed by atoms with van der Waals surface area (Å²) in [5, 5.41) is 5.60. The number of hydrogen-bond donors (Lipinski definition) is 2. The first kappa shape index (κ1) is 14.0. The Balaban J connectivity index is 2.35. The Morgan fingerprint density at radius 1 is 1.47 bits per heavy atom.